The Morgan fingerprint density at radius 1 is 1.15 bits per heavy atom. The minimum Gasteiger partial charge on any atom is -0.489 e. The summed E-state index contributed by atoms with van der Waals surface area (Å²) in [6.07, 6.45) is 0. The van der Waals surface area contributed by atoms with Gasteiger partial charge in [0.05, 0.1) is 0 Å². The fourth-order valence-corrected chi connectivity index (χ4v) is 1.83. The van der Waals surface area contributed by atoms with E-state index < -0.39 is 12.4 Å². The molecular weight excluding hydrogens is 287 g/mol. The van der Waals surface area contributed by atoms with Crippen molar-refractivity contribution in [1.82, 2.24) is 0 Å². The largest absolute Gasteiger partial charge is 0.509 e. The summed E-state index contributed by atoms with van der Waals surface area (Å²) in [5.41, 5.74) is 1.70. The zero-order chi connectivity index (χ0) is 14.8. The molecule has 0 saturated carbocycles. The number of hydrogen-bond acceptors (Lipinski definition) is 1. The molecule has 0 heterocycles. The van der Waals surface area contributed by atoms with Crippen LogP contribution in [0.1, 0.15) is 6.92 Å². The number of rotatable bonds is 4. The van der Waals surface area contributed by atoms with Crippen LogP contribution in [0.5, 0.6) is 5.75 Å². The molecule has 0 saturated heterocycles. The molecule has 0 aromatic heterocycles. The van der Waals surface area contributed by atoms with Crippen molar-refractivity contribution in [1.29, 1.82) is 0 Å². The molecule has 0 N–H and O–H groups in total. The predicted molar refractivity (Wildman–Crippen MR) is 77.8 cm³/mol. The molecule has 20 heavy (non-hydrogen) atoms. The van der Waals surface area contributed by atoms with Gasteiger partial charge in [0.1, 0.15) is 12.4 Å². The average Bonchev–Trinajstić information content (AvgIpc) is 2.42. The van der Waals surface area contributed by atoms with E-state index >= 15 is 0 Å². The summed E-state index contributed by atoms with van der Waals surface area (Å²) in [5.74, 6) is 0.598. The molecule has 106 valence electrons. The van der Waals surface area contributed by atoms with E-state index in [0.29, 0.717) is 23.1 Å². The van der Waals surface area contributed by atoms with Crippen LogP contribution >= 0.6 is 11.6 Å². The lowest BCUT2D eigenvalue weighted by atomic mass is 9.79. The molecule has 0 aliphatic rings. The van der Waals surface area contributed by atoms with Crippen LogP contribution in [-0.2, 0) is 0 Å². The molecule has 2 rings (SSSR count). The Morgan fingerprint density at radius 2 is 1.80 bits per heavy atom. The number of halogens is 4. The SMILES string of the molecule is C/C(=C/Cl)COc1ccc2cc([B-](F)(F)F)ccc2c1. The van der Waals surface area contributed by atoms with Crippen molar-refractivity contribution in [2.75, 3.05) is 6.61 Å². The molecule has 0 aliphatic heterocycles. The zero-order valence-corrected chi connectivity index (χ0v) is 11.5. The molecule has 0 fully saturated rings. The molecule has 0 bridgehead atoms. The van der Waals surface area contributed by atoms with Crippen molar-refractivity contribution in [3.8, 4) is 5.75 Å². The lowest BCUT2D eigenvalue weighted by molar-refractivity contribution is 0.353. The van der Waals surface area contributed by atoms with Crippen LogP contribution in [0.4, 0.5) is 12.9 Å². The molecular formula is C14H12BClF3O-. The Balaban J connectivity index is 2.27. The first-order valence-electron chi connectivity index (χ1n) is 6.02. The second-order valence-electron chi connectivity index (χ2n) is 4.59. The minimum absolute atomic E-state index is 0.346. The highest BCUT2D eigenvalue weighted by Crippen LogP contribution is 2.22. The summed E-state index contributed by atoms with van der Waals surface area (Å²) in [7, 11) is 0. The van der Waals surface area contributed by atoms with E-state index in [2.05, 4.69) is 0 Å². The monoisotopic (exact) mass is 299 g/mol. The van der Waals surface area contributed by atoms with E-state index in [-0.39, 0.29) is 0 Å². The highest BCUT2D eigenvalue weighted by Gasteiger charge is 2.25. The summed E-state index contributed by atoms with van der Waals surface area (Å²) < 4.78 is 43.5. The first kappa shape index (κ1) is 14.8. The van der Waals surface area contributed by atoms with Gasteiger partial charge in [-0.3, -0.25) is 0 Å². The van der Waals surface area contributed by atoms with Crippen molar-refractivity contribution in [2.24, 2.45) is 0 Å². The zero-order valence-electron chi connectivity index (χ0n) is 10.7. The second kappa shape index (κ2) is 5.79. The highest BCUT2D eigenvalue weighted by molar-refractivity contribution is 6.73. The quantitative estimate of drug-likeness (QED) is 0.760. The third kappa shape index (κ3) is 3.48. The smallest absolute Gasteiger partial charge is 0.489 e. The van der Waals surface area contributed by atoms with Gasteiger partial charge in [-0.15, -0.1) is 5.46 Å². The maximum Gasteiger partial charge on any atom is 0.509 e. The van der Waals surface area contributed by atoms with Crippen molar-refractivity contribution >= 4 is 34.8 Å². The second-order valence-corrected chi connectivity index (χ2v) is 4.81. The Hall–Kier alpha value is -1.62. The van der Waals surface area contributed by atoms with Crippen molar-refractivity contribution in [2.45, 2.75) is 6.92 Å². The van der Waals surface area contributed by atoms with E-state index in [4.69, 9.17) is 16.3 Å². The van der Waals surface area contributed by atoms with Crippen LogP contribution in [0.2, 0.25) is 0 Å². The van der Waals surface area contributed by atoms with Gasteiger partial charge in [0.25, 0.3) is 0 Å². The van der Waals surface area contributed by atoms with Gasteiger partial charge >= 0.3 is 6.98 Å². The average molecular weight is 300 g/mol. The number of fused-ring (bicyclic) bond motifs is 1. The van der Waals surface area contributed by atoms with Gasteiger partial charge in [-0.05, 0) is 35.4 Å². The molecule has 2 aromatic carbocycles. The molecule has 2 aromatic rings. The van der Waals surface area contributed by atoms with Crippen LogP contribution in [-0.4, -0.2) is 13.6 Å². The first-order chi connectivity index (χ1) is 9.40. The molecule has 0 atom stereocenters. The van der Waals surface area contributed by atoms with Gasteiger partial charge in [-0.1, -0.05) is 35.9 Å². The molecule has 1 nitrogen and oxygen atoms in total. The normalized spacial score (nSPS) is 12.8. The Bertz CT molecular complexity index is 652. The van der Waals surface area contributed by atoms with Gasteiger partial charge in [0, 0.05) is 5.54 Å². The molecule has 0 radical (unpaired) electrons. The van der Waals surface area contributed by atoms with Crippen molar-refractivity contribution in [3.05, 3.63) is 47.5 Å². The van der Waals surface area contributed by atoms with Gasteiger partial charge in [-0.25, -0.2) is 0 Å². The van der Waals surface area contributed by atoms with Crippen LogP contribution in [0.25, 0.3) is 10.8 Å². The summed E-state index contributed by atoms with van der Waals surface area (Å²) in [5, 5.41) is 1.25. The lowest BCUT2D eigenvalue weighted by Crippen LogP contribution is -2.33. The van der Waals surface area contributed by atoms with Crippen LogP contribution in [0, 0.1) is 0 Å². The summed E-state index contributed by atoms with van der Waals surface area (Å²) >= 11 is 5.53. The van der Waals surface area contributed by atoms with Gasteiger partial charge < -0.3 is 17.7 Å². The van der Waals surface area contributed by atoms with E-state index in [0.717, 1.165) is 17.7 Å². The Labute approximate surface area is 120 Å². The Morgan fingerprint density at radius 3 is 2.45 bits per heavy atom. The third-order valence-corrected chi connectivity index (χ3v) is 3.24. The maximum atomic E-state index is 12.7. The topological polar surface area (TPSA) is 9.23 Å². The number of ether oxygens (including phenoxy) is 1. The van der Waals surface area contributed by atoms with Crippen molar-refractivity contribution in [3.63, 3.8) is 0 Å². The first-order valence-corrected chi connectivity index (χ1v) is 6.46. The number of hydrogen-bond donors (Lipinski definition) is 0. The summed E-state index contributed by atoms with van der Waals surface area (Å²) in [6, 6.07) is 8.69. The van der Waals surface area contributed by atoms with Crippen molar-refractivity contribution < 1.29 is 17.7 Å². The summed E-state index contributed by atoms with van der Waals surface area (Å²) in [6.45, 7) is -2.80. The van der Waals surface area contributed by atoms with Crippen LogP contribution in [0.3, 0.4) is 0 Å². The molecule has 6 heteroatoms. The highest BCUT2D eigenvalue weighted by atomic mass is 35.5. The van der Waals surface area contributed by atoms with E-state index in [1.165, 1.54) is 11.6 Å². The molecule has 0 amide bonds. The lowest BCUT2D eigenvalue weighted by Gasteiger charge is -2.15. The molecule has 0 spiro atoms. The molecule has 0 unspecified atom stereocenters. The van der Waals surface area contributed by atoms with Gasteiger partial charge in [-0.2, -0.15) is 0 Å². The van der Waals surface area contributed by atoms with E-state index in [9.17, 15) is 12.9 Å². The fraction of sp³-hybridized carbons (Fsp3) is 0.143. The van der Waals surface area contributed by atoms with E-state index in [1.54, 1.807) is 18.2 Å². The Kier molecular flexibility index (Phi) is 4.28. The maximum absolute atomic E-state index is 12.7. The van der Waals surface area contributed by atoms with Gasteiger partial charge in [0.2, 0.25) is 0 Å². The number of benzene rings is 2. The predicted octanol–water partition coefficient (Wildman–Crippen LogP) is 4.42. The van der Waals surface area contributed by atoms with Crippen LogP contribution < -0.4 is 10.2 Å². The standard InChI is InChI=1S/C14H12BClF3O/c1-10(8-16)9-20-14-5-3-11-6-13(15(17,18)19)4-2-12(11)7-14/h2-8H,9H2,1H3/q-1/b10-8-. The fourth-order valence-electron chi connectivity index (χ4n) is 1.76. The summed E-state index contributed by atoms with van der Waals surface area (Å²) in [4.78, 5) is 0. The minimum atomic E-state index is -4.97. The third-order valence-electron chi connectivity index (χ3n) is 2.87. The van der Waals surface area contributed by atoms with Gasteiger partial charge in [0.15, 0.2) is 0 Å². The van der Waals surface area contributed by atoms with E-state index in [1.807, 2.05) is 6.92 Å². The molecule has 0 aliphatic carbocycles. The van der Waals surface area contributed by atoms with Crippen LogP contribution in [0.15, 0.2) is 47.5 Å².